The molecule has 1 N–H and O–H groups in total. The van der Waals surface area contributed by atoms with Gasteiger partial charge in [-0.05, 0) is 24.5 Å². The SMILES string of the molecule is C=CCN(CC=C)C(=O)NCc1ccc(N2CCCCCC2)nc1. The van der Waals surface area contributed by atoms with E-state index in [0.29, 0.717) is 19.6 Å². The largest absolute Gasteiger partial charge is 0.357 e. The van der Waals surface area contributed by atoms with Gasteiger partial charge in [-0.15, -0.1) is 13.2 Å². The smallest absolute Gasteiger partial charge is 0.318 e. The van der Waals surface area contributed by atoms with Gasteiger partial charge in [0.25, 0.3) is 0 Å². The molecule has 1 fully saturated rings. The van der Waals surface area contributed by atoms with Crippen LogP contribution in [0.25, 0.3) is 0 Å². The Labute approximate surface area is 145 Å². The monoisotopic (exact) mass is 328 g/mol. The second-order valence-electron chi connectivity index (χ2n) is 6.07. The van der Waals surface area contributed by atoms with Gasteiger partial charge in [0.1, 0.15) is 5.82 Å². The molecule has 2 rings (SSSR count). The molecule has 0 saturated carbocycles. The van der Waals surface area contributed by atoms with E-state index in [2.05, 4.69) is 34.4 Å². The molecule has 5 heteroatoms. The van der Waals surface area contributed by atoms with E-state index >= 15 is 0 Å². The number of rotatable bonds is 7. The van der Waals surface area contributed by atoms with Crippen LogP contribution < -0.4 is 10.2 Å². The summed E-state index contributed by atoms with van der Waals surface area (Å²) in [6.07, 6.45) is 10.4. The minimum atomic E-state index is -0.119. The number of urea groups is 1. The van der Waals surface area contributed by atoms with Crippen LogP contribution in [0.1, 0.15) is 31.2 Å². The first-order valence-corrected chi connectivity index (χ1v) is 8.69. The van der Waals surface area contributed by atoms with Gasteiger partial charge < -0.3 is 15.1 Å². The number of nitrogens with zero attached hydrogens (tertiary/aromatic N) is 3. The van der Waals surface area contributed by atoms with Crippen LogP contribution in [-0.2, 0) is 6.54 Å². The van der Waals surface area contributed by atoms with Crippen molar-refractivity contribution in [3.05, 3.63) is 49.2 Å². The van der Waals surface area contributed by atoms with Crippen molar-refractivity contribution in [3.63, 3.8) is 0 Å². The predicted octanol–water partition coefficient (Wildman–Crippen LogP) is 3.35. The maximum Gasteiger partial charge on any atom is 0.318 e. The lowest BCUT2D eigenvalue weighted by Gasteiger charge is -2.22. The number of pyridine rings is 1. The second kappa shape index (κ2) is 9.75. The molecule has 0 aliphatic carbocycles. The highest BCUT2D eigenvalue weighted by Gasteiger charge is 2.12. The van der Waals surface area contributed by atoms with Crippen LogP contribution in [-0.4, -0.2) is 42.1 Å². The summed E-state index contributed by atoms with van der Waals surface area (Å²) in [7, 11) is 0. The number of aromatic nitrogens is 1. The number of carbonyl (C=O) groups is 1. The number of amides is 2. The lowest BCUT2D eigenvalue weighted by molar-refractivity contribution is 0.208. The molecule has 0 aromatic carbocycles. The number of anilines is 1. The van der Waals surface area contributed by atoms with Gasteiger partial charge in [0, 0.05) is 38.9 Å². The topological polar surface area (TPSA) is 48.5 Å². The molecule has 1 saturated heterocycles. The fourth-order valence-electron chi connectivity index (χ4n) is 2.85. The van der Waals surface area contributed by atoms with Crippen molar-refractivity contribution in [1.29, 1.82) is 0 Å². The van der Waals surface area contributed by atoms with Crippen LogP contribution in [0.4, 0.5) is 10.6 Å². The highest BCUT2D eigenvalue weighted by atomic mass is 16.2. The van der Waals surface area contributed by atoms with Crippen LogP contribution in [0.5, 0.6) is 0 Å². The van der Waals surface area contributed by atoms with Crippen molar-refractivity contribution in [2.45, 2.75) is 32.2 Å². The molecular formula is C19H28N4O. The summed E-state index contributed by atoms with van der Waals surface area (Å²) < 4.78 is 0. The van der Waals surface area contributed by atoms with Crippen molar-refractivity contribution in [2.24, 2.45) is 0 Å². The Balaban J connectivity index is 1.87. The van der Waals surface area contributed by atoms with E-state index in [4.69, 9.17) is 0 Å². The molecule has 1 aliphatic heterocycles. The van der Waals surface area contributed by atoms with E-state index in [1.54, 1.807) is 17.1 Å². The Morgan fingerprint density at radius 2 is 1.83 bits per heavy atom. The number of hydrogen-bond donors (Lipinski definition) is 1. The third-order valence-electron chi connectivity index (χ3n) is 4.17. The van der Waals surface area contributed by atoms with Gasteiger partial charge in [-0.2, -0.15) is 0 Å². The summed E-state index contributed by atoms with van der Waals surface area (Å²) in [5.41, 5.74) is 0.999. The summed E-state index contributed by atoms with van der Waals surface area (Å²) in [4.78, 5) is 20.7. The first kappa shape index (κ1) is 18.0. The van der Waals surface area contributed by atoms with Crippen LogP contribution in [0.15, 0.2) is 43.6 Å². The fourth-order valence-corrected chi connectivity index (χ4v) is 2.85. The second-order valence-corrected chi connectivity index (χ2v) is 6.07. The standard InChI is InChI=1S/C19H28N4O/c1-3-11-23(12-4-2)19(24)21-16-17-9-10-18(20-15-17)22-13-7-5-6-8-14-22/h3-4,9-10,15H,1-2,5-8,11-14,16H2,(H,21,24). The molecule has 0 radical (unpaired) electrons. The number of hydrogen-bond acceptors (Lipinski definition) is 3. The first-order valence-electron chi connectivity index (χ1n) is 8.69. The van der Waals surface area contributed by atoms with Gasteiger partial charge in [-0.3, -0.25) is 0 Å². The van der Waals surface area contributed by atoms with Crippen molar-refractivity contribution >= 4 is 11.8 Å². The molecule has 2 heterocycles. The maximum absolute atomic E-state index is 12.1. The third-order valence-corrected chi connectivity index (χ3v) is 4.17. The summed E-state index contributed by atoms with van der Waals surface area (Å²) in [6.45, 7) is 11.0. The van der Waals surface area contributed by atoms with Crippen molar-refractivity contribution in [3.8, 4) is 0 Å². The van der Waals surface area contributed by atoms with Crippen molar-refractivity contribution in [1.82, 2.24) is 15.2 Å². The van der Waals surface area contributed by atoms with Gasteiger partial charge >= 0.3 is 6.03 Å². The molecule has 0 bridgehead atoms. The van der Waals surface area contributed by atoms with Crippen molar-refractivity contribution < 1.29 is 4.79 Å². The highest BCUT2D eigenvalue weighted by Crippen LogP contribution is 2.17. The maximum atomic E-state index is 12.1. The first-order chi connectivity index (χ1) is 11.7. The summed E-state index contributed by atoms with van der Waals surface area (Å²) in [5.74, 6) is 1.03. The van der Waals surface area contributed by atoms with Gasteiger partial charge in [-0.25, -0.2) is 9.78 Å². The Kier molecular flexibility index (Phi) is 7.33. The average Bonchev–Trinajstić information content (AvgIpc) is 2.89. The predicted molar refractivity (Wildman–Crippen MR) is 99.1 cm³/mol. The summed E-state index contributed by atoms with van der Waals surface area (Å²) >= 11 is 0. The van der Waals surface area contributed by atoms with Crippen LogP contribution in [0, 0.1) is 0 Å². The quantitative estimate of drug-likeness (QED) is 0.781. The Morgan fingerprint density at radius 1 is 1.17 bits per heavy atom. The molecule has 1 aliphatic rings. The highest BCUT2D eigenvalue weighted by molar-refractivity contribution is 5.74. The van der Waals surface area contributed by atoms with Crippen LogP contribution >= 0.6 is 0 Å². The number of nitrogens with one attached hydrogen (secondary N) is 1. The summed E-state index contributed by atoms with van der Waals surface area (Å²) in [5, 5.41) is 2.92. The normalized spacial score (nSPS) is 14.6. The third kappa shape index (κ3) is 5.41. The molecule has 130 valence electrons. The molecule has 24 heavy (non-hydrogen) atoms. The molecule has 1 aromatic rings. The fraction of sp³-hybridized carbons (Fsp3) is 0.474. The summed E-state index contributed by atoms with van der Waals surface area (Å²) in [6, 6.07) is 3.98. The van der Waals surface area contributed by atoms with E-state index in [1.807, 2.05) is 12.3 Å². The van der Waals surface area contributed by atoms with Gasteiger partial charge in [-0.1, -0.05) is 31.1 Å². The molecular weight excluding hydrogens is 300 g/mol. The van der Waals surface area contributed by atoms with E-state index in [0.717, 1.165) is 24.5 Å². The lowest BCUT2D eigenvalue weighted by atomic mass is 10.2. The van der Waals surface area contributed by atoms with Crippen LogP contribution in [0.2, 0.25) is 0 Å². The minimum Gasteiger partial charge on any atom is -0.357 e. The molecule has 2 amide bonds. The van der Waals surface area contributed by atoms with Gasteiger partial charge in [0.2, 0.25) is 0 Å². The Bertz CT molecular complexity index is 523. The van der Waals surface area contributed by atoms with Gasteiger partial charge in [0.15, 0.2) is 0 Å². The average molecular weight is 328 g/mol. The minimum absolute atomic E-state index is 0.119. The Hall–Kier alpha value is -2.30. The van der Waals surface area contributed by atoms with Gasteiger partial charge in [0.05, 0.1) is 0 Å². The molecule has 1 aromatic heterocycles. The van der Waals surface area contributed by atoms with Crippen molar-refractivity contribution in [2.75, 3.05) is 31.1 Å². The molecule has 0 atom stereocenters. The zero-order valence-electron chi connectivity index (χ0n) is 14.4. The molecule has 5 nitrogen and oxygen atoms in total. The zero-order valence-corrected chi connectivity index (χ0v) is 14.4. The van der Waals surface area contributed by atoms with E-state index in [1.165, 1.54) is 25.7 Å². The van der Waals surface area contributed by atoms with E-state index < -0.39 is 0 Å². The van der Waals surface area contributed by atoms with E-state index in [-0.39, 0.29) is 6.03 Å². The lowest BCUT2D eigenvalue weighted by Crippen LogP contribution is -2.39. The van der Waals surface area contributed by atoms with E-state index in [9.17, 15) is 4.79 Å². The van der Waals surface area contributed by atoms with Crippen LogP contribution in [0.3, 0.4) is 0 Å². The molecule has 0 spiro atoms. The molecule has 0 unspecified atom stereocenters. The number of carbonyl (C=O) groups excluding carboxylic acids is 1. The zero-order chi connectivity index (χ0) is 17.2. The Morgan fingerprint density at radius 3 is 2.38 bits per heavy atom.